The van der Waals surface area contributed by atoms with Gasteiger partial charge in [0, 0.05) is 33.1 Å². The van der Waals surface area contributed by atoms with Crippen LogP contribution in [0, 0.1) is 0 Å². The van der Waals surface area contributed by atoms with Crippen LogP contribution < -0.4 is 4.90 Å². The van der Waals surface area contributed by atoms with Crippen molar-refractivity contribution in [3.63, 3.8) is 0 Å². The molecule has 0 saturated heterocycles. The number of nitrogens with zero attached hydrogens (tertiary/aromatic N) is 1. The van der Waals surface area contributed by atoms with Gasteiger partial charge >= 0.3 is 0 Å². The summed E-state index contributed by atoms with van der Waals surface area (Å²) >= 11 is 0. The summed E-state index contributed by atoms with van der Waals surface area (Å²) in [5.41, 5.74) is 13.3. The van der Waals surface area contributed by atoms with Gasteiger partial charge in [-0.05, 0) is 99.3 Å². The topological polar surface area (TPSA) is 29.5 Å². The first-order valence-electron chi connectivity index (χ1n) is 18.7. The normalized spacial score (nSPS) is 11.6. The number of rotatable bonds is 6. The fourth-order valence-corrected chi connectivity index (χ4v) is 8.27. The van der Waals surface area contributed by atoms with Crippen molar-refractivity contribution >= 4 is 71.7 Å². The largest absolute Gasteiger partial charge is 0.456 e. The van der Waals surface area contributed by atoms with Crippen molar-refractivity contribution in [1.82, 2.24) is 0 Å². The first-order chi connectivity index (χ1) is 27.3. The van der Waals surface area contributed by atoms with Gasteiger partial charge in [-0.3, -0.25) is 0 Å². The van der Waals surface area contributed by atoms with E-state index < -0.39 is 0 Å². The zero-order valence-electron chi connectivity index (χ0n) is 29.8. The van der Waals surface area contributed by atoms with E-state index in [4.69, 9.17) is 8.83 Å². The number of hydrogen-bond donors (Lipinski definition) is 0. The number of anilines is 3. The van der Waals surface area contributed by atoms with Gasteiger partial charge in [-0.25, -0.2) is 0 Å². The number of hydrogen-bond acceptors (Lipinski definition) is 3. The van der Waals surface area contributed by atoms with Crippen LogP contribution in [-0.4, -0.2) is 0 Å². The molecule has 258 valence electrons. The van der Waals surface area contributed by atoms with Gasteiger partial charge in [0.1, 0.15) is 22.3 Å². The Kier molecular flexibility index (Phi) is 7.17. The van der Waals surface area contributed by atoms with E-state index in [1.807, 2.05) is 18.2 Å². The van der Waals surface area contributed by atoms with Crippen LogP contribution in [0.5, 0.6) is 0 Å². The van der Waals surface area contributed by atoms with Gasteiger partial charge in [-0.2, -0.15) is 0 Å². The minimum atomic E-state index is 0.848. The lowest BCUT2D eigenvalue weighted by molar-refractivity contribution is 0.669. The molecule has 0 amide bonds. The maximum Gasteiger partial charge on any atom is 0.145 e. The third-order valence-corrected chi connectivity index (χ3v) is 10.9. The summed E-state index contributed by atoms with van der Waals surface area (Å²) in [4.78, 5) is 2.38. The maximum absolute atomic E-state index is 6.92. The highest BCUT2D eigenvalue weighted by Gasteiger charge is 2.24. The summed E-state index contributed by atoms with van der Waals surface area (Å²) in [6.07, 6.45) is 0. The van der Waals surface area contributed by atoms with E-state index in [-0.39, 0.29) is 0 Å². The summed E-state index contributed by atoms with van der Waals surface area (Å²) in [7, 11) is 0. The Hall–Kier alpha value is -7.36. The van der Waals surface area contributed by atoms with Gasteiger partial charge in [-0.15, -0.1) is 0 Å². The molecule has 9 aromatic carbocycles. The zero-order chi connectivity index (χ0) is 36.3. The molecular weight excluding hydrogens is 671 g/mol. The van der Waals surface area contributed by atoms with Gasteiger partial charge in [0.2, 0.25) is 0 Å². The minimum absolute atomic E-state index is 0.848. The lowest BCUT2D eigenvalue weighted by atomic mass is 9.92. The fourth-order valence-electron chi connectivity index (χ4n) is 8.27. The number of furan rings is 2. The van der Waals surface area contributed by atoms with Crippen LogP contribution in [0.4, 0.5) is 17.1 Å². The molecule has 11 rings (SSSR count). The third kappa shape index (κ3) is 5.20. The summed E-state index contributed by atoms with van der Waals surface area (Å²) in [5.74, 6) is 0. The number of para-hydroxylation sites is 2. The first kappa shape index (κ1) is 31.2. The highest BCUT2D eigenvalue weighted by molar-refractivity contribution is 6.18. The van der Waals surface area contributed by atoms with Crippen LogP contribution >= 0.6 is 0 Å². The Bertz CT molecular complexity index is 3220. The molecule has 0 atom stereocenters. The molecule has 0 fully saturated rings. The Labute approximate surface area is 317 Å². The van der Waals surface area contributed by atoms with Crippen molar-refractivity contribution in [2.24, 2.45) is 0 Å². The highest BCUT2D eigenvalue weighted by Crippen LogP contribution is 2.48. The molecule has 0 unspecified atom stereocenters. The smallest absolute Gasteiger partial charge is 0.145 e. The predicted octanol–water partition coefficient (Wildman–Crippen LogP) is 15.1. The molecule has 3 heteroatoms. The monoisotopic (exact) mass is 703 g/mol. The number of benzene rings is 9. The van der Waals surface area contributed by atoms with Gasteiger partial charge < -0.3 is 13.7 Å². The maximum atomic E-state index is 6.92. The van der Waals surface area contributed by atoms with E-state index in [9.17, 15) is 0 Å². The molecule has 0 aliphatic heterocycles. The molecule has 0 aliphatic carbocycles. The Morgan fingerprint density at radius 3 is 1.87 bits per heavy atom. The fraction of sp³-hybridized carbons (Fsp3) is 0. The molecule has 2 heterocycles. The van der Waals surface area contributed by atoms with Gasteiger partial charge in [0.05, 0.1) is 11.1 Å². The Morgan fingerprint density at radius 1 is 0.327 bits per heavy atom. The molecule has 55 heavy (non-hydrogen) atoms. The van der Waals surface area contributed by atoms with Crippen LogP contribution in [0.15, 0.2) is 209 Å². The van der Waals surface area contributed by atoms with Crippen molar-refractivity contribution in [3.05, 3.63) is 200 Å². The minimum Gasteiger partial charge on any atom is -0.456 e. The van der Waals surface area contributed by atoms with E-state index in [1.54, 1.807) is 0 Å². The summed E-state index contributed by atoms with van der Waals surface area (Å²) in [5, 5.41) is 6.77. The van der Waals surface area contributed by atoms with Crippen LogP contribution in [0.1, 0.15) is 0 Å². The van der Waals surface area contributed by atoms with Crippen LogP contribution in [0.2, 0.25) is 0 Å². The highest BCUT2D eigenvalue weighted by atomic mass is 16.3. The summed E-state index contributed by atoms with van der Waals surface area (Å²) in [6, 6.07) is 70.9. The summed E-state index contributed by atoms with van der Waals surface area (Å²) < 4.78 is 13.3. The van der Waals surface area contributed by atoms with Crippen LogP contribution in [0.3, 0.4) is 0 Å². The molecule has 0 N–H and O–H groups in total. The average molecular weight is 704 g/mol. The summed E-state index contributed by atoms with van der Waals surface area (Å²) in [6.45, 7) is 0. The lowest BCUT2D eigenvalue weighted by Crippen LogP contribution is -2.10. The van der Waals surface area contributed by atoms with E-state index in [0.717, 1.165) is 88.8 Å². The average Bonchev–Trinajstić information content (AvgIpc) is 3.83. The molecule has 2 aromatic heterocycles. The van der Waals surface area contributed by atoms with Crippen molar-refractivity contribution in [3.8, 4) is 33.4 Å². The van der Waals surface area contributed by atoms with Crippen molar-refractivity contribution < 1.29 is 8.83 Å². The molecule has 0 bridgehead atoms. The van der Waals surface area contributed by atoms with Crippen molar-refractivity contribution in [1.29, 1.82) is 0 Å². The molecule has 11 aromatic rings. The van der Waals surface area contributed by atoms with E-state index in [0.29, 0.717) is 0 Å². The zero-order valence-corrected chi connectivity index (χ0v) is 29.8. The molecule has 0 saturated carbocycles. The van der Waals surface area contributed by atoms with E-state index in [1.165, 1.54) is 16.3 Å². The second-order valence-corrected chi connectivity index (χ2v) is 14.1. The molecular formula is C52H33NO2. The molecule has 3 nitrogen and oxygen atoms in total. The van der Waals surface area contributed by atoms with Crippen LogP contribution in [0.25, 0.3) is 88.0 Å². The SMILES string of the molecule is c1ccc(-c2cccc(N(c3ccc4ccccc4c3)c3ccc(-c4ccccc4-c4ccc5c(c4)oc4ccccc45)c4oc5ccccc5c34)c2)cc1. The van der Waals surface area contributed by atoms with Crippen molar-refractivity contribution in [2.75, 3.05) is 4.90 Å². The van der Waals surface area contributed by atoms with Gasteiger partial charge in [0.15, 0.2) is 0 Å². The quantitative estimate of drug-likeness (QED) is 0.173. The second kappa shape index (κ2) is 12.6. The second-order valence-electron chi connectivity index (χ2n) is 14.1. The first-order valence-corrected chi connectivity index (χ1v) is 18.7. The van der Waals surface area contributed by atoms with E-state index in [2.05, 4.69) is 187 Å². The molecule has 0 spiro atoms. The van der Waals surface area contributed by atoms with Crippen molar-refractivity contribution in [2.45, 2.75) is 0 Å². The van der Waals surface area contributed by atoms with Gasteiger partial charge in [0.25, 0.3) is 0 Å². The van der Waals surface area contributed by atoms with Crippen LogP contribution in [-0.2, 0) is 0 Å². The standard InChI is InChI=1S/C52H33NO2/c1-2-13-34(14-3-1)37-17-12-18-39(31-37)53(40-27-25-35-15-4-5-16-36(35)32-40)47-30-29-45(52-51(47)46-22-9-11-24-49(46)55-52)42-20-7-6-19-41(42)38-26-28-44-43-21-8-10-23-48(43)54-50(44)33-38/h1-33H. The van der Waals surface area contributed by atoms with Gasteiger partial charge in [-0.1, -0.05) is 140 Å². The van der Waals surface area contributed by atoms with E-state index >= 15 is 0 Å². The molecule has 0 radical (unpaired) electrons. The Morgan fingerprint density at radius 2 is 1.00 bits per heavy atom. The molecule has 0 aliphatic rings. The Balaban J connectivity index is 1.15. The lowest BCUT2D eigenvalue weighted by Gasteiger charge is -2.27. The third-order valence-electron chi connectivity index (χ3n) is 10.9. The predicted molar refractivity (Wildman–Crippen MR) is 229 cm³/mol. The number of fused-ring (bicyclic) bond motifs is 7.